The molecule has 19 heavy (non-hydrogen) atoms. The fourth-order valence-electron chi connectivity index (χ4n) is 1.86. The molecule has 0 radical (unpaired) electrons. The van der Waals surface area contributed by atoms with Crippen LogP contribution in [0.5, 0.6) is 11.5 Å². The van der Waals surface area contributed by atoms with Crippen molar-refractivity contribution in [2.75, 3.05) is 14.2 Å². The first-order valence-corrected chi connectivity index (χ1v) is 6.59. The van der Waals surface area contributed by atoms with Gasteiger partial charge in [-0.15, -0.1) is 0 Å². The normalized spacial score (nSPS) is 10.4. The van der Waals surface area contributed by atoms with Gasteiger partial charge in [-0.2, -0.15) is 0 Å². The number of methoxy groups -OCH3 is 2. The van der Waals surface area contributed by atoms with E-state index in [-0.39, 0.29) is 10.0 Å². The van der Waals surface area contributed by atoms with Gasteiger partial charge in [0, 0.05) is 5.56 Å². The molecule has 2 rings (SSSR count). The molecule has 5 heteroatoms. The van der Waals surface area contributed by atoms with Crippen LogP contribution in [0, 0.1) is 0 Å². The van der Waals surface area contributed by atoms with Gasteiger partial charge < -0.3 is 9.47 Å². The third-order valence-electron chi connectivity index (χ3n) is 2.71. The first kappa shape index (κ1) is 14.3. The maximum Gasteiger partial charge on any atom is 0.181 e. The molecule has 0 unspecified atom stereocenters. The van der Waals surface area contributed by atoms with Crippen molar-refractivity contribution in [1.82, 2.24) is 0 Å². The lowest BCUT2D eigenvalue weighted by Gasteiger charge is -2.17. The molecule has 0 heterocycles. The van der Waals surface area contributed by atoms with Gasteiger partial charge in [-0.3, -0.25) is 0 Å². The summed E-state index contributed by atoms with van der Waals surface area (Å²) in [7, 11) is 3.04. The van der Waals surface area contributed by atoms with Crippen molar-refractivity contribution >= 4 is 34.8 Å². The average molecular weight is 318 g/mol. The Kier molecular flexibility index (Phi) is 4.46. The minimum Gasteiger partial charge on any atom is -0.492 e. The van der Waals surface area contributed by atoms with E-state index in [4.69, 9.17) is 44.3 Å². The van der Waals surface area contributed by atoms with Crippen LogP contribution in [0.3, 0.4) is 0 Å². The molecule has 0 bridgehead atoms. The number of ether oxygens (including phenoxy) is 2. The van der Waals surface area contributed by atoms with E-state index in [1.54, 1.807) is 0 Å². The molecule has 2 aromatic carbocycles. The van der Waals surface area contributed by atoms with Crippen molar-refractivity contribution < 1.29 is 9.47 Å². The summed E-state index contributed by atoms with van der Waals surface area (Å²) in [5.41, 5.74) is 1.54. The second-order valence-corrected chi connectivity index (χ2v) is 4.88. The van der Waals surface area contributed by atoms with Crippen LogP contribution in [0.2, 0.25) is 15.1 Å². The van der Waals surface area contributed by atoms with E-state index >= 15 is 0 Å². The zero-order valence-electron chi connectivity index (χ0n) is 10.3. The summed E-state index contributed by atoms with van der Waals surface area (Å²) < 4.78 is 10.7. The zero-order chi connectivity index (χ0) is 14.0. The van der Waals surface area contributed by atoms with Gasteiger partial charge in [-0.25, -0.2) is 0 Å². The van der Waals surface area contributed by atoms with Gasteiger partial charge in [0.05, 0.1) is 24.3 Å². The molecule has 2 aromatic rings. The van der Waals surface area contributed by atoms with Crippen molar-refractivity contribution in [3.05, 3.63) is 45.4 Å². The Labute approximate surface area is 126 Å². The lowest BCUT2D eigenvalue weighted by Crippen LogP contribution is -1.96. The summed E-state index contributed by atoms with van der Waals surface area (Å²) in [6.07, 6.45) is 0. The van der Waals surface area contributed by atoms with E-state index in [9.17, 15) is 0 Å². The Morgan fingerprint density at radius 2 is 1.32 bits per heavy atom. The maximum absolute atomic E-state index is 6.29. The van der Waals surface area contributed by atoms with E-state index in [1.165, 1.54) is 14.2 Å². The molecular formula is C14H11Cl3O2. The van der Waals surface area contributed by atoms with Crippen molar-refractivity contribution in [2.24, 2.45) is 0 Å². The van der Waals surface area contributed by atoms with Crippen LogP contribution in [0.4, 0.5) is 0 Å². The summed E-state index contributed by atoms with van der Waals surface area (Å²) in [4.78, 5) is 0. The SMILES string of the molecule is COc1c(Cl)c(Cl)c(Cl)c(-c2ccccc2)c1OC. The quantitative estimate of drug-likeness (QED) is 0.712. The van der Waals surface area contributed by atoms with Crippen LogP contribution in [-0.4, -0.2) is 14.2 Å². The second kappa shape index (κ2) is 5.91. The summed E-state index contributed by atoms with van der Waals surface area (Å²) in [6, 6.07) is 9.54. The van der Waals surface area contributed by atoms with Crippen LogP contribution in [0.15, 0.2) is 30.3 Å². The zero-order valence-corrected chi connectivity index (χ0v) is 12.6. The van der Waals surface area contributed by atoms with Crippen LogP contribution >= 0.6 is 34.8 Å². The topological polar surface area (TPSA) is 18.5 Å². The number of hydrogen-bond donors (Lipinski definition) is 0. The molecule has 0 aliphatic heterocycles. The molecule has 0 aliphatic rings. The van der Waals surface area contributed by atoms with E-state index in [1.807, 2.05) is 30.3 Å². The fraction of sp³-hybridized carbons (Fsp3) is 0.143. The number of benzene rings is 2. The molecule has 0 aromatic heterocycles. The molecular weight excluding hydrogens is 307 g/mol. The predicted molar refractivity (Wildman–Crippen MR) is 80.0 cm³/mol. The van der Waals surface area contributed by atoms with Crippen LogP contribution in [0.1, 0.15) is 0 Å². The van der Waals surface area contributed by atoms with Crippen molar-refractivity contribution in [2.45, 2.75) is 0 Å². The minimum absolute atomic E-state index is 0.241. The first-order valence-electron chi connectivity index (χ1n) is 5.45. The number of hydrogen-bond acceptors (Lipinski definition) is 2. The highest BCUT2D eigenvalue weighted by Gasteiger charge is 2.23. The molecule has 2 nitrogen and oxygen atoms in total. The monoisotopic (exact) mass is 316 g/mol. The van der Waals surface area contributed by atoms with Crippen molar-refractivity contribution in [1.29, 1.82) is 0 Å². The van der Waals surface area contributed by atoms with Crippen LogP contribution in [-0.2, 0) is 0 Å². The van der Waals surface area contributed by atoms with Gasteiger partial charge in [0.2, 0.25) is 0 Å². The molecule has 0 fully saturated rings. The van der Waals surface area contributed by atoms with Gasteiger partial charge in [-0.05, 0) is 5.56 Å². The fourth-order valence-corrected chi connectivity index (χ4v) is 2.63. The highest BCUT2D eigenvalue weighted by atomic mass is 35.5. The average Bonchev–Trinajstić information content (AvgIpc) is 2.45. The summed E-state index contributed by atoms with van der Waals surface area (Å²) >= 11 is 18.6. The van der Waals surface area contributed by atoms with Gasteiger partial charge in [0.25, 0.3) is 0 Å². The van der Waals surface area contributed by atoms with E-state index < -0.39 is 0 Å². The summed E-state index contributed by atoms with van der Waals surface area (Å²) in [5, 5.41) is 0.834. The molecule has 0 amide bonds. The third-order valence-corrected chi connectivity index (χ3v) is 4.02. The molecule has 100 valence electrons. The Bertz CT molecular complexity index is 598. The Morgan fingerprint density at radius 1 is 0.737 bits per heavy atom. The molecule has 0 atom stereocenters. The van der Waals surface area contributed by atoms with Crippen molar-refractivity contribution in [3.63, 3.8) is 0 Å². The highest BCUT2D eigenvalue weighted by molar-refractivity contribution is 6.50. The Balaban J connectivity index is 2.83. The molecule has 0 saturated carbocycles. The summed E-state index contributed by atoms with van der Waals surface area (Å²) in [6.45, 7) is 0. The van der Waals surface area contributed by atoms with Crippen LogP contribution < -0.4 is 9.47 Å². The Morgan fingerprint density at radius 3 is 1.84 bits per heavy atom. The summed E-state index contributed by atoms with van der Waals surface area (Å²) in [5.74, 6) is 0.838. The Hall–Kier alpha value is -1.09. The molecule has 0 saturated heterocycles. The largest absolute Gasteiger partial charge is 0.492 e. The molecule has 0 N–H and O–H groups in total. The smallest absolute Gasteiger partial charge is 0.181 e. The van der Waals surface area contributed by atoms with Crippen molar-refractivity contribution in [3.8, 4) is 22.6 Å². The number of rotatable bonds is 3. The van der Waals surface area contributed by atoms with E-state index in [2.05, 4.69) is 0 Å². The third kappa shape index (κ3) is 2.48. The second-order valence-electron chi connectivity index (χ2n) is 3.75. The highest BCUT2D eigenvalue weighted by Crippen LogP contribution is 2.51. The molecule has 0 spiro atoms. The predicted octanol–water partition coefficient (Wildman–Crippen LogP) is 5.33. The first-order chi connectivity index (χ1) is 9.11. The van der Waals surface area contributed by atoms with Gasteiger partial charge in [0.1, 0.15) is 5.02 Å². The molecule has 0 aliphatic carbocycles. The standard InChI is InChI=1S/C14H11Cl3O2/c1-18-13-9(8-6-4-3-5-7-8)10(15)11(16)12(17)14(13)19-2/h3-7H,1-2H3. The lowest BCUT2D eigenvalue weighted by atomic mass is 10.0. The van der Waals surface area contributed by atoms with E-state index in [0.717, 1.165) is 5.56 Å². The van der Waals surface area contributed by atoms with Crippen LogP contribution in [0.25, 0.3) is 11.1 Å². The lowest BCUT2D eigenvalue weighted by molar-refractivity contribution is 0.356. The maximum atomic E-state index is 6.29. The minimum atomic E-state index is 0.241. The van der Waals surface area contributed by atoms with Gasteiger partial charge in [0.15, 0.2) is 11.5 Å². The van der Waals surface area contributed by atoms with E-state index in [0.29, 0.717) is 22.1 Å². The van der Waals surface area contributed by atoms with Gasteiger partial charge >= 0.3 is 0 Å². The number of halogens is 3. The van der Waals surface area contributed by atoms with Gasteiger partial charge in [-0.1, -0.05) is 65.1 Å².